The lowest BCUT2D eigenvalue weighted by molar-refractivity contribution is -0.140. The Morgan fingerprint density at radius 3 is 2.44 bits per heavy atom. The van der Waals surface area contributed by atoms with Crippen molar-refractivity contribution in [3.63, 3.8) is 0 Å². The maximum absolute atomic E-state index is 15.3. The van der Waals surface area contributed by atoms with Crippen LogP contribution in [-0.2, 0) is 22.7 Å². The summed E-state index contributed by atoms with van der Waals surface area (Å²) in [5, 5.41) is 0.0431. The van der Waals surface area contributed by atoms with Crippen LogP contribution in [0.3, 0.4) is 0 Å². The number of aromatic nitrogens is 2. The molecule has 184 valence electrons. The number of hydrogen-bond acceptors (Lipinski definition) is 3. The van der Waals surface area contributed by atoms with Crippen molar-refractivity contribution in [3.05, 3.63) is 53.7 Å². The predicted octanol–water partition coefficient (Wildman–Crippen LogP) is 6.05. The second-order valence-electron chi connectivity index (χ2n) is 10.1. The zero-order valence-electron chi connectivity index (χ0n) is 19.4. The molecule has 1 atom stereocenters. The van der Waals surface area contributed by atoms with E-state index in [4.69, 9.17) is 0 Å². The van der Waals surface area contributed by atoms with E-state index in [0.717, 1.165) is 6.20 Å². The Labute approximate surface area is 196 Å². The largest absolute Gasteiger partial charge is 0.433 e. The van der Waals surface area contributed by atoms with Gasteiger partial charge < -0.3 is 4.57 Å². The molecule has 10 heteroatoms. The summed E-state index contributed by atoms with van der Waals surface area (Å²) < 4.78 is 85.5. The average Bonchev–Trinajstić information content (AvgIpc) is 3.51. The van der Waals surface area contributed by atoms with Crippen LogP contribution in [0.4, 0.5) is 17.6 Å². The van der Waals surface area contributed by atoms with Crippen molar-refractivity contribution in [3.8, 4) is 11.1 Å². The summed E-state index contributed by atoms with van der Waals surface area (Å²) in [7, 11) is -3.50. The van der Waals surface area contributed by atoms with E-state index < -0.39 is 39.0 Å². The normalized spacial score (nSPS) is 16.2. The molecule has 0 spiro atoms. The van der Waals surface area contributed by atoms with Crippen molar-refractivity contribution < 1.29 is 26.0 Å². The Balaban J connectivity index is 1.89. The van der Waals surface area contributed by atoms with Crippen molar-refractivity contribution in [2.75, 3.05) is 0 Å². The Bertz CT molecular complexity index is 1340. The van der Waals surface area contributed by atoms with Gasteiger partial charge >= 0.3 is 6.18 Å². The lowest BCUT2D eigenvalue weighted by atomic mass is 9.96. The maximum Gasteiger partial charge on any atom is 0.433 e. The Morgan fingerprint density at radius 1 is 1.18 bits per heavy atom. The van der Waals surface area contributed by atoms with Crippen molar-refractivity contribution >= 4 is 20.9 Å². The fraction of sp³-hybridized carbons (Fsp3) is 0.458. The Morgan fingerprint density at radius 2 is 1.85 bits per heavy atom. The Kier molecular flexibility index (Phi) is 6.05. The zero-order valence-corrected chi connectivity index (χ0v) is 20.2. The lowest BCUT2D eigenvalue weighted by Gasteiger charge is -2.20. The van der Waals surface area contributed by atoms with Crippen molar-refractivity contribution in [2.24, 2.45) is 5.41 Å². The molecule has 1 fully saturated rings. The van der Waals surface area contributed by atoms with Gasteiger partial charge in [-0.15, -0.1) is 0 Å². The van der Waals surface area contributed by atoms with Crippen LogP contribution in [0.5, 0.6) is 0 Å². The number of halogens is 4. The van der Waals surface area contributed by atoms with Crippen LogP contribution in [0.2, 0.25) is 0 Å². The molecular weight excluding hydrogens is 470 g/mol. The molecule has 4 rings (SSSR count). The molecular formula is C24H27F4N3O2S. The minimum Gasteiger partial charge on any atom is -0.347 e. The maximum atomic E-state index is 15.3. The van der Waals surface area contributed by atoms with E-state index >= 15 is 4.39 Å². The number of nitrogens with one attached hydrogen (secondary N) is 1. The third-order valence-corrected chi connectivity index (χ3v) is 7.81. The highest BCUT2D eigenvalue weighted by Gasteiger charge is 2.38. The molecule has 1 aliphatic carbocycles. The molecule has 0 bridgehead atoms. The smallest absolute Gasteiger partial charge is 0.347 e. The van der Waals surface area contributed by atoms with Gasteiger partial charge in [-0.3, -0.25) is 4.98 Å². The second kappa shape index (κ2) is 8.34. The van der Waals surface area contributed by atoms with Crippen LogP contribution >= 0.6 is 0 Å². The molecule has 5 nitrogen and oxygen atoms in total. The number of benzene rings is 1. The van der Waals surface area contributed by atoms with Crippen molar-refractivity contribution in [1.29, 1.82) is 0 Å². The minimum absolute atomic E-state index is 0.194. The first-order valence-electron chi connectivity index (χ1n) is 11.0. The van der Waals surface area contributed by atoms with Gasteiger partial charge in [-0.05, 0) is 48.9 Å². The topological polar surface area (TPSA) is 64.0 Å². The number of nitrogens with zero attached hydrogens (tertiary/aromatic N) is 2. The Hall–Kier alpha value is -2.46. The summed E-state index contributed by atoms with van der Waals surface area (Å²) in [5.41, 5.74) is -0.819. The van der Waals surface area contributed by atoms with E-state index in [1.54, 1.807) is 13.1 Å². The van der Waals surface area contributed by atoms with Gasteiger partial charge in [0, 0.05) is 47.0 Å². The van der Waals surface area contributed by atoms with Gasteiger partial charge in [0.15, 0.2) is 5.69 Å². The first-order valence-corrected chi connectivity index (χ1v) is 12.6. The first kappa shape index (κ1) is 24.7. The van der Waals surface area contributed by atoms with E-state index in [2.05, 4.69) is 9.71 Å². The predicted molar refractivity (Wildman–Crippen MR) is 123 cm³/mol. The van der Waals surface area contributed by atoms with Crippen LogP contribution in [0.15, 0.2) is 36.7 Å². The molecule has 2 heterocycles. The van der Waals surface area contributed by atoms with Gasteiger partial charge in [-0.1, -0.05) is 26.8 Å². The standard InChI is InChI=1S/C24H27F4N3O2S/c1-14(30-34(32,33)15-7-8-15)19-12-31(13-23(2,3)4)21-11-17(20(25)10-18(19)21)16-6-5-9-29-22(16)24(26,27)28/h5-6,9-12,14-15,30H,7-8,13H2,1-4H3. The summed E-state index contributed by atoms with van der Waals surface area (Å²) in [5.74, 6) is -0.835. The molecule has 3 aromatic rings. The molecule has 34 heavy (non-hydrogen) atoms. The monoisotopic (exact) mass is 497 g/mol. The highest BCUT2D eigenvalue weighted by atomic mass is 32.2. The molecule has 0 amide bonds. The number of rotatable bonds is 6. The molecule has 0 saturated heterocycles. The van der Waals surface area contributed by atoms with Gasteiger partial charge in [0.2, 0.25) is 10.0 Å². The SMILES string of the molecule is CC(NS(=O)(=O)C1CC1)c1cn(CC(C)(C)C)c2cc(-c3cccnc3C(F)(F)F)c(F)cc12. The first-order chi connectivity index (χ1) is 15.7. The summed E-state index contributed by atoms with van der Waals surface area (Å²) in [6, 6.07) is 4.49. The van der Waals surface area contributed by atoms with E-state index in [1.165, 1.54) is 24.3 Å². The quantitative estimate of drug-likeness (QED) is 0.422. The summed E-state index contributed by atoms with van der Waals surface area (Å²) in [6.45, 7) is 8.20. The van der Waals surface area contributed by atoms with Crippen LogP contribution < -0.4 is 4.72 Å². The van der Waals surface area contributed by atoms with E-state index in [1.807, 2.05) is 25.3 Å². The average molecular weight is 498 g/mol. The third-order valence-electron chi connectivity index (χ3n) is 5.78. The lowest BCUT2D eigenvalue weighted by Crippen LogP contribution is -2.29. The number of fused-ring (bicyclic) bond motifs is 1. The highest BCUT2D eigenvalue weighted by molar-refractivity contribution is 7.90. The molecule has 1 N–H and O–H groups in total. The van der Waals surface area contributed by atoms with Crippen molar-refractivity contribution in [1.82, 2.24) is 14.3 Å². The van der Waals surface area contributed by atoms with Crippen LogP contribution in [0.1, 0.15) is 57.8 Å². The molecule has 1 aliphatic rings. The molecule has 1 saturated carbocycles. The van der Waals surface area contributed by atoms with Gasteiger partial charge in [0.25, 0.3) is 0 Å². The van der Waals surface area contributed by atoms with Crippen LogP contribution in [-0.4, -0.2) is 23.2 Å². The van der Waals surface area contributed by atoms with Gasteiger partial charge in [0.1, 0.15) is 5.82 Å². The molecule has 1 unspecified atom stereocenters. The van der Waals surface area contributed by atoms with Gasteiger partial charge in [-0.25, -0.2) is 17.5 Å². The summed E-state index contributed by atoms with van der Waals surface area (Å²) >= 11 is 0. The van der Waals surface area contributed by atoms with Crippen molar-refractivity contribution in [2.45, 2.75) is 64.5 Å². The number of sulfonamides is 1. The van der Waals surface area contributed by atoms with E-state index in [9.17, 15) is 21.6 Å². The molecule has 0 aliphatic heterocycles. The highest BCUT2D eigenvalue weighted by Crippen LogP contribution is 2.40. The number of pyridine rings is 1. The molecule has 0 radical (unpaired) electrons. The summed E-state index contributed by atoms with van der Waals surface area (Å²) in [6.07, 6.45) is -0.743. The number of hydrogen-bond donors (Lipinski definition) is 1. The van der Waals surface area contributed by atoms with Gasteiger partial charge in [0.05, 0.1) is 5.25 Å². The number of alkyl halides is 3. The van der Waals surface area contributed by atoms with Crippen LogP contribution in [0.25, 0.3) is 22.0 Å². The fourth-order valence-electron chi connectivity index (χ4n) is 4.16. The molecule has 1 aromatic carbocycles. The summed E-state index contributed by atoms with van der Waals surface area (Å²) in [4.78, 5) is 3.45. The van der Waals surface area contributed by atoms with E-state index in [0.29, 0.717) is 35.9 Å². The van der Waals surface area contributed by atoms with Gasteiger partial charge in [-0.2, -0.15) is 13.2 Å². The van der Waals surface area contributed by atoms with Crippen LogP contribution in [0, 0.1) is 11.2 Å². The zero-order chi connectivity index (χ0) is 25.1. The third kappa shape index (κ3) is 4.98. The molecule has 2 aromatic heterocycles. The second-order valence-corrected chi connectivity index (χ2v) is 12.1. The minimum atomic E-state index is -4.74. The fourth-order valence-corrected chi connectivity index (χ4v) is 5.73. The van der Waals surface area contributed by atoms with E-state index in [-0.39, 0.29) is 16.5 Å².